The highest BCUT2D eigenvalue weighted by molar-refractivity contribution is 6.05. The van der Waals surface area contributed by atoms with E-state index in [2.05, 4.69) is 21.3 Å². The summed E-state index contributed by atoms with van der Waals surface area (Å²) in [6.07, 6.45) is 7.85. The summed E-state index contributed by atoms with van der Waals surface area (Å²) in [6.45, 7) is 2.44. The molecule has 3 fully saturated rings. The molecular weight excluding hydrogens is 432 g/mol. The van der Waals surface area contributed by atoms with Crippen LogP contribution in [-0.4, -0.2) is 63.8 Å². The minimum Gasteiger partial charge on any atom is -0.489 e. The number of carbonyl (C=O) groups is 3. The van der Waals surface area contributed by atoms with E-state index in [1.807, 2.05) is 36.7 Å². The van der Waals surface area contributed by atoms with Gasteiger partial charge in [-0.25, -0.2) is 0 Å². The lowest BCUT2D eigenvalue weighted by molar-refractivity contribution is -0.136. The lowest BCUT2D eigenvalue weighted by Crippen LogP contribution is -2.54. The predicted octanol–water partition coefficient (Wildman–Crippen LogP) is 2.24. The van der Waals surface area contributed by atoms with Crippen LogP contribution in [0.5, 0.6) is 5.75 Å². The molecule has 1 N–H and O–H groups in total. The van der Waals surface area contributed by atoms with E-state index in [1.54, 1.807) is 4.90 Å². The van der Waals surface area contributed by atoms with Crippen LogP contribution in [0.2, 0.25) is 0 Å². The highest BCUT2D eigenvalue weighted by Gasteiger charge is 2.42. The lowest BCUT2D eigenvalue weighted by Gasteiger charge is -2.45. The zero-order valence-electron chi connectivity index (χ0n) is 19.0. The van der Waals surface area contributed by atoms with Crippen LogP contribution in [0, 0.1) is 0 Å². The number of amides is 3. The number of nitrogens with one attached hydrogen (secondary N) is 1. The van der Waals surface area contributed by atoms with Crippen molar-refractivity contribution in [2.45, 2.75) is 62.8 Å². The van der Waals surface area contributed by atoms with E-state index in [-0.39, 0.29) is 30.2 Å². The van der Waals surface area contributed by atoms with Crippen LogP contribution in [0.15, 0.2) is 42.7 Å². The van der Waals surface area contributed by atoms with E-state index >= 15 is 0 Å². The van der Waals surface area contributed by atoms with Gasteiger partial charge >= 0.3 is 0 Å². The second-order valence-electron chi connectivity index (χ2n) is 9.81. The molecule has 4 heterocycles. The number of hydrogen-bond donors (Lipinski definition) is 1. The van der Waals surface area contributed by atoms with Crippen molar-refractivity contribution in [2.75, 3.05) is 13.1 Å². The van der Waals surface area contributed by atoms with Crippen LogP contribution >= 0.6 is 0 Å². The Kier molecular flexibility index (Phi) is 5.32. The lowest BCUT2D eigenvalue weighted by atomic mass is 9.90. The first kappa shape index (κ1) is 21.3. The summed E-state index contributed by atoms with van der Waals surface area (Å²) < 4.78 is 6.45. The minimum absolute atomic E-state index is 0.135. The summed E-state index contributed by atoms with van der Waals surface area (Å²) in [6, 6.07) is 9.59. The Morgan fingerprint density at radius 1 is 1.06 bits per heavy atom. The number of likely N-dealkylation sites (tertiary alicyclic amines) is 1. The number of nitrogens with zero attached hydrogens (tertiary/aromatic N) is 3. The van der Waals surface area contributed by atoms with Gasteiger partial charge in [0.25, 0.3) is 5.91 Å². The smallest absolute Gasteiger partial charge is 0.255 e. The van der Waals surface area contributed by atoms with Gasteiger partial charge in [-0.15, -0.1) is 0 Å². The van der Waals surface area contributed by atoms with Crippen LogP contribution in [0.1, 0.15) is 59.5 Å². The minimum atomic E-state index is -0.597. The first-order valence-electron chi connectivity index (χ1n) is 12.1. The summed E-state index contributed by atoms with van der Waals surface area (Å²) in [5, 5.41) is 2.35. The fourth-order valence-corrected chi connectivity index (χ4v) is 5.87. The van der Waals surface area contributed by atoms with Gasteiger partial charge in [-0.2, -0.15) is 0 Å². The Bertz CT molecular complexity index is 1130. The molecule has 1 aliphatic carbocycles. The molecule has 1 saturated carbocycles. The molecule has 6 rings (SSSR count). The molecule has 34 heavy (non-hydrogen) atoms. The van der Waals surface area contributed by atoms with Crippen molar-refractivity contribution in [3.05, 3.63) is 59.4 Å². The molecule has 3 atom stereocenters. The van der Waals surface area contributed by atoms with Gasteiger partial charge in [0.05, 0.1) is 0 Å². The van der Waals surface area contributed by atoms with E-state index in [0.717, 1.165) is 43.7 Å². The number of pyridine rings is 1. The van der Waals surface area contributed by atoms with Gasteiger partial charge in [0.15, 0.2) is 0 Å². The summed E-state index contributed by atoms with van der Waals surface area (Å²) in [5.41, 5.74) is 2.79. The molecule has 176 valence electrons. The molecule has 4 aliphatic rings. The maximum atomic E-state index is 12.9. The average Bonchev–Trinajstić information content (AvgIpc) is 3.38. The fraction of sp³-hybridized carbons (Fsp3) is 0.462. The largest absolute Gasteiger partial charge is 0.489 e. The van der Waals surface area contributed by atoms with Crippen LogP contribution in [-0.2, 0) is 16.1 Å². The van der Waals surface area contributed by atoms with E-state index in [4.69, 9.17) is 4.74 Å². The second-order valence-corrected chi connectivity index (χ2v) is 9.81. The molecular formula is C26H28N4O4. The number of hydrogen-bond acceptors (Lipinski definition) is 6. The fourth-order valence-electron chi connectivity index (χ4n) is 5.87. The van der Waals surface area contributed by atoms with Crippen LogP contribution in [0.25, 0.3) is 0 Å². The number of imide groups is 1. The maximum absolute atomic E-state index is 12.9. The Labute approximate surface area is 198 Å². The van der Waals surface area contributed by atoms with Crippen molar-refractivity contribution in [3.8, 4) is 5.75 Å². The third kappa shape index (κ3) is 3.76. The summed E-state index contributed by atoms with van der Waals surface area (Å²) in [4.78, 5) is 45.0. The van der Waals surface area contributed by atoms with E-state index in [9.17, 15) is 14.4 Å². The molecule has 0 radical (unpaired) electrons. The molecule has 1 unspecified atom stereocenters. The van der Waals surface area contributed by atoms with Gasteiger partial charge in [0.1, 0.15) is 17.9 Å². The van der Waals surface area contributed by atoms with Gasteiger partial charge < -0.3 is 9.64 Å². The van der Waals surface area contributed by atoms with Crippen molar-refractivity contribution in [3.63, 3.8) is 0 Å². The summed E-state index contributed by atoms with van der Waals surface area (Å²) in [5.74, 6) is 0.497. The van der Waals surface area contributed by atoms with Crippen molar-refractivity contribution < 1.29 is 19.1 Å². The molecule has 2 saturated heterocycles. The Morgan fingerprint density at radius 3 is 2.74 bits per heavy atom. The van der Waals surface area contributed by atoms with Crippen molar-refractivity contribution in [2.24, 2.45) is 0 Å². The number of piperidine rings is 1. The predicted molar refractivity (Wildman–Crippen MR) is 123 cm³/mol. The standard InChI is InChI=1S/C26H28N4O4/c31-24-9-8-22(25(32)28-24)30-15-17-11-19(6-7-20(17)26(30)33)34-23-5-1-4-21(23)29-13-18(14-29)16-3-2-10-27-12-16/h2-3,6-7,10-12,18,21-23H,1,4-5,8-9,13-15H2,(H,28,31,32)/t21-,22?,23-/m1/s1. The Morgan fingerprint density at radius 2 is 1.94 bits per heavy atom. The third-order valence-electron chi connectivity index (χ3n) is 7.73. The van der Waals surface area contributed by atoms with Crippen LogP contribution in [0.4, 0.5) is 0 Å². The van der Waals surface area contributed by atoms with E-state index in [1.165, 1.54) is 5.56 Å². The van der Waals surface area contributed by atoms with Crippen molar-refractivity contribution in [1.29, 1.82) is 0 Å². The first-order chi connectivity index (χ1) is 16.6. The first-order valence-corrected chi connectivity index (χ1v) is 12.1. The Hall–Kier alpha value is -3.26. The molecule has 3 aliphatic heterocycles. The summed E-state index contributed by atoms with van der Waals surface area (Å²) >= 11 is 0. The molecule has 0 spiro atoms. The third-order valence-corrected chi connectivity index (χ3v) is 7.73. The van der Waals surface area contributed by atoms with Gasteiger partial charge in [-0.3, -0.25) is 29.6 Å². The molecule has 3 amide bonds. The topological polar surface area (TPSA) is 91.8 Å². The Balaban J connectivity index is 1.11. The molecule has 8 nitrogen and oxygen atoms in total. The quantitative estimate of drug-likeness (QED) is 0.688. The SMILES string of the molecule is O=C1CCC(N2Cc3cc(O[C@@H]4CCC[C@H]4N4CC(c5cccnc5)C4)ccc3C2=O)C(=O)N1. The van der Waals surface area contributed by atoms with Crippen molar-refractivity contribution in [1.82, 2.24) is 20.1 Å². The molecule has 2 aromatic rings. The number of fused-ring (bicyclic) bond motifs is 1. The normalized spacial score (nSPS) is 27.5. The van der Waals surface area contributed by atoms with Gasteiger partial charge in [-0.1, -0.05) is 6.07 Å². The zero-order chi connectivity index (χ0) is 23.2. The van der Waals surface area contributed by atoms with E-state index in [0.29, 0.717) is 30.5 Å². The van der Waals surface area contributed by atoms with Crippen LogP contribution in [0.3, 0.4) is 0 Å². The maximum Gasteiger partial charge on any atom is 0.255 e. The number of rotatable bonds is 5. The number of ether oxygens (including phenoxy) is 1. The van der Waals surface area contributed by atoms with Gasteiger partial charge in [0, 0.05) is 56.0 Å². The highest BCUT2D eigenvalue weighted by atomic mass is 16.5. The molecule has 1 aromatic carbocycles. The van der Waals surface area contributed by atoms with Crippen molar-refractivity contribution >= 4 is 17.7 Å². The van der Waals surface area contributed by atoms with Crippen LogP contribution < -0.4 is 10.1 Å². The summed E-state index contributed by atoms with van der Waals surface area (Å²) in [7, 11) is 0. The zero-order valence-corrected chi connectivity index (χ0v) is 19.0. The van der Waals surface area contributed by atoms with E-state index < -0.39 is 6.04 Å². The second kappa shape index (κ2) is 8.51. The molecule has 0 bridgehead atoms. The van der Waals surface area contributed by atoms with Gasteiger partial charge in [0.2, 0.25) is 11.8 Å². The monoisotopic (exact) mass is 460 g/mol. The number of carbonyl (C=O) groups excluding carboxylic acids is 3. The molecule has 1 aromatic heterocycles. The van der Waals surface area contributed by atoms with Gasteiger partial charge in [-0.05, 0) is 61.1 Å². The average molecular weight is 461 g/mol. The highest BCUT2D eigenvalue weighted by Crippen LogP contribution is 2.37. The number of aromatic nitrogens is 1. The number of benzene rings is 1. The molecule has 8 heteroatoms.